The van der Waals surface area contributed by atoms with Gasteiger partial charge in [0.2, 0.25) is 5.95 Å². The van der Waals surface area contributed by atoms with Crippen LogP contribution in [-0.2, 0) is 22.1 Å². The Morgan fingerprint density at radius 2 is 2.00 bits per heavy atom. The number of aromatic nitrogens is 7. The van der Waals surface area contributed by atoms with E-state index in [0.717, 1.165) is 23.2 Å². The van der Waals surface area contributed by atoms with Crippen molar-refractivity contribution in [2.45, 2.75) is 32.2 Å². The fourth-order valence-electron chi connectivity index (χ4n) is 4.08. The zero-order valence-electron chi connectivity index (χ0n) is 17.5. The summed E-state index contributed by atoms with van der Waals surface area (Å²) in [5, 5.41) is 7.55. The van der Waals surface area contributed by atoms with Gasteiger partial charge in [0.15, 0.2) is 11.3 Å². The zero-order valence-corrected chi connectivity index (χ0v) is 17.5. The fourth-order valence-corrected chi connectivity index (χ4v) is 4.08. The molecule has 4 aromatic heterocycles. The standard InChI is InChI=1S/C20H22N8O3/c1-12-8-16-22-13(2)25-27(16)10-14(12)23-18-21-9-15-17(24-18)28(19(30)26(15)3)20(11-29)4-6-31-7-5-20/h8-11H,4-7H2,1-3H3,(H,21,23,24). The van der Waals surface area contributed by atoms with Crippen LogP contribution in [0.1, 0.15) is 24.2 Å². The van der Waals surface area contributed by atoms with Crippen LogP contribution in [-0.4, -0.2) is 53.2 Å². The number of rotatable bonds is 4. The first kappa shape index (κ1) is 19.4. The highest BCUT2D eigenvalue weighted by molar-refractivity contribution is 5.76. The average molecular weight is 422 g/mol. The number of nitrogens with zero attached hydrogens (tertiary/aromatic N) is 7. The molecular formula is C20H22N8O3. The highest BCUT2D eigenvalue weighted by Crippen LogP contribution is 2.29. The first-order chi connectivity index (χ1) is 14.9. The summed E-state index contributed by atoms with van der Waals surface area (Å²) in [4.78, 5) is 38.5. The third-order valence-corrected chi connectivity index (χ3v) is 5.86. The number of ether oxygens (including phenoxy) is 1. The second-order valence-corrected chi connectivity index (χ2v) is 7.87. The molecule has 0 radical (unpaired) electrons. The Morgan fingerprint density at radius 1 is 1.23 bits per heavy atom. The summed E-state index contributed by atoms with van der Waals surface area (Å²) >= 11 is 0. The highest BCUT2D eigenvalue weighted by atomic mass is 16.5. The van der Waals surface area contributed by atoms with Gasteiger partial charge >= 0.3 is 5.69 Å². The Labute approximate surface area is 176 Å². The number of nitrogens with one attached hydrogen (secondary N) is 1. The van der Waals surface area contributed by atoms with Crippen LogP contribution in [0.15, 0.2) is 23.3 Å². The second-order valence-electron chi connectivity index (χ2n) is 7.87. The molecule has 0 atom stereocenters. The molecule has 0 aromatic carbocycles. The third kappa shape index (κ3) is 3.00. The van der Waals surface area contributed by atoms with Gasteiger partial charge in [-0.05, 0) is 25.5 Å². The summed E-state index contributed by atoms with van der Waals surface area (Å²) in [5.74, 6) is 0.998. The van der Waals surface area contributed by atoms with Gasteiger partial charge in [-0.15, -0.1) is 0 Å². The number of hydrogen-bond acceptors (Lipinski definition) is 8. The van der Waals surface area contributed by atoms with E-state index in [1.165, 1.54) is 9.13 Å². The van der Waals surface area contributed by atoms with Crippen LogP contribution in [0.3, 0.4) is 0 Å². The molecule has 1 fully saturated rings. The Bertz CT molecular complexity index is 1380. The van der Waals surface area contributed by atoms with Crippen molar-refractivity contribution in [3.63, 3.8) is 0 Å². The molecule has 1 saturated heterocycles. The minimum absolute atomic E-state index is 0.300. The molecule has 0 aliphatic carbocycles. The maximum Gasteiger partial charge on any atom is 0.331 e. The van der Waals surface area contributed by atoms with Crippen molar-refractivity contribution in [3.8, 4) is 0 Å². The van der Waals surface area contributed by atoms with E-state index in [0.29, 0.717) is 49.0 Å². The number of aryl methyl sites for hydroxylation is 3. The van der Waals surface area contributed by atoms with Crippen molar-refractivity contribution in [2.24, 2.45) is 7.05 Å². The predicted octanol–water partition coefficient (Wildman–Crippen LogP) is 1.24. The molecule has 0 amide bonds. The highest BCUT2D eigenvalue weighted by Gasteiger charge is 2.38. The Hall–Kier alpha value is -3.60. The number of aldehydes is 1. The molecule has 5 rings (SSSR count). The van der Waals surface area contributed by atoms with Crippen LogP contribution in [0.25, 0.3) is 16.8 Å². The molecule has 1 aliphatic heterocycles. The van der Waals surface area contributed by atoms with E-state index < -0.39 is 5.54 Å². The SMILES string of the molecule is Cc1nc2cc(C)c(Nc3ncc4c(n3)n(C3(C=O)CCOCC3)c(=O)n4C)cn2n1. The van der Waals surface area contributed by atoms with Crippen LogP contribution >= 0.6 is 0 Å². The number of fused-ring (bicyclic) bond motifs is 2. The van der Waals surface area contributed by atoms with E-state index in [9.17, 15) is 9.59 Å². The van der Waals surface area contributed by atoms with E-state index in [2.05, 4.69) is 25.4 Å². The van der Waals surface area contributed by atoms with Gasteiger partial charge in [-0.3, -0.25) is 9.13 Å². The zero-order chi connectivity index (χ0) is 21.8. The monoisotopic (exact) mass is 422 g/mol. The minimum Gasteiger partial charge on any atom is -0.381 e. The maximum absolute atomic E-state index is 13.0. The average Bonchev–Trinajstić information content (AvgIpc) is 3.24. The summed E-state index contributed by atoms with van der Waals surface area (Å²) in [5.41, 5.74) is 2.15. The second kappa shape index (κ2) is 6.98. The molecule has 0 saturated carbocycles. The van der Waals surface area contributed by atoms with E-state index >= 15 is 0 Å². The summed E-state index contributed by atoms with van der Waals surface area (Å²) in [6.45, 7) is 4.61. The van der Waals surface area contributed by atoms with Gasteiger partial charge in [-0.2, -0.15) is 10.1 Å². The first-order valence-corrected chi connectivity index (χ1v) is 10.0. The number of carbonyl (C=O) groups excluding carboxylic acids is 1. The molecule has 31 heavy (non-hydrogen) atoms. The summed E-state index contributed by atoms with van der Waals surface area (Å²) in [6.07, 6.45) is 5.10. The summed E-state index contributed by atoms with van der Waals surface area (Å²) < 4.78 is 10.1. The molecule has 4 aromatic rings. The van der Waals surface area contributed by atoms with Crippen molar-refractivity contribution < 1.29 is 9.53 Å². The van der Waals surface area contributed by atoms with Crippen molar-refractivity contribution in [1.29, 1.82) is 0 Å². The summed E-state index contributed by atoms with van der Waals surface area (Å²) in [6, 6.07) is 1.92. The van der Waals surface area contributed by atoms with Gasteiger partial charge < -0.3 is 14.8 Å². The summed E-state index contributed by atoms with van der Waals surface area (Å²) in [7, 11) is 1.65. The molecule has 0 bridgehead atoms. The molecule has 1 aliphatic rings. The number of imidazole rings is 1. The van der Waals surface area contributed by atoms with Crippen LogP contribution in [0.4, 0.5) is 11.6 Å². The van der Waals surface area contributed by atoms with Gasteiger partial charge in [0.1, 0.15) is 23.2 Å². The number of hydrogen-bond donors (Lipinski definition) is 1. The van der Waals surface area contributed by atoms with Crippen molar-refractivity contribution in [1.82, 2.24) is 33.7 Å². The minimum atomic E-state index is -0.979. The Morgan fingerprint density at radius 3 is 2.74 bits per heavy atom. The van der Waals surface area contributed by atoms with Gasteiger partial charge in [0, 0.05) is 33.1 Å². The molecule has 5 heterocycles. The van der Waals surface area contributed by atoms with Crippen LogP contribution < -0.4 is 11.0 Å². The van der Waals surface area contributed by atoms with Crippen LogP contribution in [0.2, 0.25) is 0 Å². The van der Waals surface area contributed by atoms with Crippen molar-refractivity contribution in [2.75, 3.05) is 18.5 Å². The van der Waals surface area contributed by atoms with Gasteiger partial charge in [-0.1, -0.05) is 0 Å². The lowest BCUT2D eigenvalue weighted by atomic mass is 9.91. The Balaban J connectivity index is 1.63. The molecule has 11 heteroatoms. The third-order valence-electron chi connectivity index (χ3n) is 5.86. The molecule has 0 unspecified atom stereocenters. The van der Waals surface area contributed by atoms with E-state index in [4.69, 9.17) is 4.74 Å². The molecular weight excluding hydrogens is 400 g/mol. The maximum atomic E-state index is 13.0. The molecule has 1 N–H and O–H groups in total. The molecule has 0 spiro atoms. The molecule has 160 valence electrons. The lowest BCUT2D eigenvalue weighted by Gasteiger charge is -2.32. The molecule has 11 nitrogen and oxygen atoms in total. The quantitative estimate of drug-likeness (QED) is 0.488. The van der Waals surface area contributed by atoms with Crippen molar-refractivity contribution in [3.05, 3.63) is 40.3 Å². The fraction of sp³-hybridized carbons (Fsp3) is 0.400. The predicted molar refractivity (Wildman–Crippen MR) is 113 cm³/mol. The van der Waals surface area contributed by atoms with Gasteiger partial charge in [0.25, 0.3) is 0 Å². The van der Waals surface area contributed by atoms with E-state index in [1.54, 1.807) is 17.8 Å². The van der Waals surface area contributed by atoms with Crippen LogP contribution in [0, 0.1) is 13.8 Å². The van der Waals surface area contributed by atoms with E-state index in [1.807, 2.05) is 26.1 Å². The van der Waals surface area contributed by atoms with Crippen LogP contribution in [0.5, 0.6) is 0 Å². The first-order valence-electron chi connectivity index (χ1n) is 10.0. The van der Waals surface area contributed by atoms with Crippen molar-refractivity contribution >= 4 is 34.7 Å². The lowest BCUT2D eigenvalue weighted by molar-refractivity contribution is -0.119. The number of pyridine rings is 1. The Kier molecular flexibility index (Phi) is 4.36. The van der Waals surface area contributed by atoms with Gasteiger partial charge in [0.05, 0.1) is 18.1 Å². The normalized spacial score (nSPS) is 16.1. The lowest BCUT2D eigenvalue weighted by Crippen LogP contribution is -2.46. The van der Waals surface area contributed by atoms with Gasteiger partial charge in [-0.25, -0.2) is 19.3 Å². The smallest absolute Gasteiger partial charge is 0.331 e. The van der Waals surface area contributed by atoms with E-state index in [-0.39, 0.29) is 5.69 Å². The largest absolute Gasteiger partial charge is 0.381 e. The topological polar surface area (TPSA) is 121 Å². The number of carbonyl (C=O) groups is 1. The number of anilines is 2.